The quantitative estimate of drug-likeness (QED) is 0.820. The molecule has 1 fully saturated rings. The predicted octanol–water partition coefficient (Wildman–Crippen LogP) is 1.54. The van der Waals surface area contributed by atoms with E-state index < -0.39 is 16.6 Å². The fourth-order valence-electron chi connectivity index (χ4n) is 1.73. The fourth-order valence-corrected chi connectivity index (χ4v) is 2.86. The zero-order valence-corrected chi connectivity index (χ0v) is 10.0. The second kappa shape index (κ2) is 5.51. The third-order valence-electron chi connectivity index (χ3n) is 2.72. The first-order valence-corrected chi connectivity index (χ1v) is 6.73. The number of carbonyl (C=O) groups is 1. The van der Waals surface area contributed by atoms with E-state index in [9.17, 15) is 13.4 Å². The summed E-state index contributed by atoms with van der Waals surface area (Å²) < 4.78 is 29.9. The minimum atomic E-state index is -1.46. The van der Waals surface area contributed by atoms with Crippen molar-refractivity contribution in [3.05, 3.63) is 30.1 Å². The highest BCUT2D eigenvalue weighted by molar-refractivity contribution is 7.85. The number of benzene rings is 1. The van der Waals surface area contributed by atoms with Crippen molar-refractivity contribution in [3.8, 4) is 0 Å². The first-order chi connectivity index (χ1) is 8.16. The first-order valence-electron chi connectivity index (χ1n) is 5.41. The maximum atomic E-state index is 12.9. The maximum absolute atomic E-state index is 12.9. The van der Waals surface area contributed by atoms with Crippen LogP contribution >= 0.6 is 0 Å². The van der Waals surface area contributed by atoms with Crippen LogP contribution in [-0.4, -0.2) is 29.0 Å². The molecule has 2 rings (SSSR count). The van der Waals surface area contributed by atoms with Gasteiger partial charge in [-0.25, -0.2) is 4.39 Å². The van der Waals surface area contributed by atoms with E-state index in [0.29, 0.717) is 24.5 Å². The lowest BCUT2D eigenvalue weighted by Crippen LogP contribution is -2.21. The lowest BCUT2D eigenvalue weighted by atomic mass is 10.1. The number of carbonyl (C=O) groups excluding carboxylic acids is 1. The summed E-state index contributed by atoms with van der Waals surface area (Å²) in [6, 6.07) is 5.55. The van der Waals surface area contributed by atoms with Gasteiger partial charge in [-0.1, -0.05) is 6.07 Å². The van der Waals surface area contributed by atoms with Crippen molar-refractivity contribution >= 4 is 16.6 Å². The molecule has 1 saturated heterocycles. The van der Waals surface area contributed by atoms with E-state index in [2.05, 4.69) is 0 Å². The smallest absolute Gasteiger partial charge is 0.151 e. The summed E-state index contributed by atoms with van der Waals surface area (Å²) in [7, 11) is -1.46. The van der Waals surface area contributed by atoms with Crippen molar-refractivity contribution in [1.29, 1.82) is 0 Å². The van der Waals surface area contributed by atoms with Crippen molar-refractivity contribution in [1.82, 2.24) is 0 Å². The molecule has 5 heteroatoms. The minimum Gasteiger partial charge on any atom is -0.381 e. The maximum Gasteiger partial charge on any atom is 0.151 e. The standard InChI is InChI=1S/C12H13FO3S/c13-10-2-1-3-11(6-10)17(15)8-12(14)9-4-5-16-7-9/h1-3,6,9H,4-5,7-8H2. The Balaban J connectivity index is 1.99. The largest absolute Gasteiger partial charge is 0.381 e. The van der Waals surface area contributed by atoms with Gasteiger partial charge >= 0.3 is 0 Å². The lowest BCUT2D eigenvalue weighted by Gasteiger charge is -2.06. The van der Waals surface area contributed by atoms with Crippen LogP contribution in [0.4, 0.5) is 4.39 Å². The van der Waals surface area contributed by atoms with Gasteiger partial charge in [-0.15, -0.1) is 0 Å². The highest BCUT2D eigenvalue weighted by atomic mass is 32.2. The molecular weight excluding hydrogens is 243 g/mol. The average molecular weight is 256 g/mol. The Bertz CT molecular complexity index is 441. The molecule has 1 aliphatic rings. The molecular formula is C12H13FO3S. The number of halogens is 1. The second-order valence-corrected chi connectivity index (χ2v) is 5.43. The number of rotatable bonds is 4. The number of Topliss-reactive ketones (excluding diaryl/α,β-unsaturated/α-hetero) is 1. The van der Waals surface area contributed by atoms with E-state index in [1.807, 2.05) is 0 Å². The van der Waals surface area contributed by atoms with Gasteiger partial charge in [0.1, 0.15) is 5.82 Å². The van der Waals surface area contributed by atoms with Gasteiger partial charge in [-0.3, -0.25) is 9.00 Å². The predicted molar refractivity (Wildman–Crippen MR) is 61.6 cm³/mol. The Labute approximate surface area is 101 Å². The van der Waals surface area contributed by atoms with Crippen LogP contribution in [0.3, 0.4) is 0 Å². The van der Waals surface area contributed by atoms with Gasteiger partial charge in [-0.05, 0) is 24.6 Å². The summed E-state index contributed by atoms with van der Waals surface area (Å²) in [6.45, 7) is 1.00. The molecule has 0 spiro atoms. The Morgan fingerprint density at radius 2 is 2.35 bits per heavy atom. The molecule has 17 heavy (non-hydrogen) atoms. The third kappa shape index (κ3) is 3.20. The van der Waals surface area contributed by atoms with E-state index >= 15 is 0 Å². The lowest BCUT2D eigenvalue weighted by molar-refractivity contribution is -0.120. The molecule has 0 N–H and O–H groups in total. The summed E-state index contributed by atoms with van der Waals surface area (Å²) >= 11 is 0. The highest BCUT2D eigenvalue weighted by Gasteiger charge is 2.25. The molecule has 1 aliphatic heterocycles. The van der Waals surface area contributed by atoms with Crippen LogP contribution in [0.2, 0.25) is 0 Å². The molecule has 3 nitrogen and oxygen atoms in total. The van der Waals surface area contributed by atoms with Crippen LogP contribution in [0.25, 0.3) is 0 Å². The van der Waals surface area contributed by atoms with E-state index in [0.717, 1.165) is 0 Å². The molecule has 1 heterocycles. The van der Waals surface area contributed by atoms with Crippen LogP contribution in [0.1, 0.15) is 6.42 Å². The fraction of sp³-hybridized carbons (Fsp3) is 0.417. The molecule has 0 aliphatic carbocycles. The van der Waals surface area contributed by atoms with E-state index in [1.54, 1.807) is 6.07 Å². The van der Waals surface area contributed by atoms with Crippen LogP contribution in [-0.2, 0) is 20.3 Å². The zero-order chi connectivity index (χ0) is 12.3. The van der Waals surface area contributed by atoms with Gasteiger partial charge in [0.05, 0.1) is 23.2 Å². The normalized spacial score (nSPS) is 21.4. The molecule has 92 valence electrons. The Hall–Kier alpha value is -1.07. The molecule has 1 aromatic rings. The van der Waals surface area contributed by atoms with Gasteiger partial charge in [0.15, 0.2) is 5.78 Å². The monoisotopic (exact) mass is 256 g/mol. The van der Waals surface area contributed by atoms with Crippen LogP contribution in [0, 0.1) is 11.7 Å². The Morgan fingerprint density at radius 3 is 3.00 bits per heavy atom. The molecule has 0 bridgehead atoms. The highest BCUT2D eigenvalue weighted by Crippen LogP contribution is 2.16. The van der Waals surface area contributed by atoms with E-state index in [4.69, 9.17) is 4.74 Å². The first kappa shape index (κ1) is 12.4. The number of ketones is 1. The van der Waals surface area contributed by atoms with Crippen molar-refractivity contribution in [2.75, 3.05) is 19.0 Å². The van der Waals surface area contributed by atoms with Gasteiger partial charge in [-0.2, -0.15) is 0 Å². The third-order valence-corrected chi connectivity index (χ3v) is 4.04. The topological polar surface area (TPSA) is 43.4 Å². The Morgan fingerprint density at radius 1 is 1.53 bits per heavy atom. The summed E-state index contributed by atoms with van der Waals surface area (Å²) in [5.41, 5.74) is 0. The second-order valence-electron chi connectivity index (χ2n) is 3.97. The number of hydrogen-bond donors (Lipinski definition) is 0. The number of ether oxygens (including phenoxy) is 1. The van der Waals surface area contributed by atoms with Crippen LogP contribution < -0.4 is 0 Å². The molecule has 2 unspecified atom stereocenters. The summed E-state index contributed by atoms with van der Waals surface area (Å²) in [6.07, 6.45) is 0.694. The molecule has 0 saturated carbocycles. The van der Waals surface area contributed by atoms with Crippen molar-refractivity contribution in [3.63, 3.8) is 0 Å². The SMILES string of the molecule is O=C(CS(=O)c1cccc(F)c1)C1CCOC1. The van der Waals surface area contributed by atoms with Gasteiger partial charge < -0.3 is 4.74 Å². The molecule has 0 aromatic heterocycles. The molecule has 0 radical (unpaired) electrons. The number of hydrogen-bond acceptors (Lipinski definition) is 3. The van der Waals surface area contributed by atoms with Crippen molar-refractivity contribution in [2.24, 2.45) is 5.92 Å². The summed E-state index contributed by atoms with van der Waals surface area (Å²) in [4.78, 5) is 12.1. The van der Waals surface area contributed by atoms with Gasteiger partial charge in [0, 0.05) is 17.4 Å². The molecule has 0 amide bonds. The molecule has 2 atom stereocenters. The van der Waals surface area contributed by atoms with Crippen molar-refractivity contribution in [2.45, 2.75) is 11.3 Å². The Kier molecular flexibility index (Phi) is 4.02. The van der Waals surface area contributed by atoms with Gasteiger partial charge in [0.2, 0.25) is 0 Å². The zero-order valence-electron chi connectivity index (χ0n) is 9.23. The van der Waals surface area contributed by atoms with Gasteiger partial charge in [0.25, 0.3) is 0 Å². The van der Waals surface area contributed by atoms with E-state index in [-0.39, 0.29) is 17.5 Å². The van der Waals surface area contributed by atoms with E-state index in [1.165, 1.54) is 18.2 Å². The average Bonchev–Trinajstić information content (AvgIpc) is 2.82. The summed E-state index contributed by atoms with van der Waals surface area (Å²) in [5.74, 6) is -0.706. The van der Waals surface area contributed by atoms with Crippen LogP contribution in [0.15, 0.2) is 29.2 Å². The van der Waals surface area contributed by atoms with Crippen molar-refractivity contribution < 1.29 is 18.1 Å². The summed E-state index contributed by atoms with van der Waals surface area (Å²) in [5, 5.41) is 0. The molecule has 1 aromatic carbocycles. The van der Waals surface area contributed by atoms with Crippen LogP contribution in [0.5, 0.6) is 0 Å². The minimum absolute atomic E-state index is 0.0581.